The Morgan fingerprint density at radius 1 is 0.442 bits per heavy atom. The van der Waals surface area contributed by atoms with Gasteiger partial charge in [-0.25, -0.2) is 9.97 Å². The summed E-state index contributed by atoms with van der Waals surface area (Å²) in [4.78, 5) is 10.4. The zero-order valence-electron chi connectivity index (χ0n) is 28.0. The smallest absolute Gasteiger partial charge is 0.160 e. The highest BCUT2D eigenvalue weighted by molar-refractivity contribution is 6.28. The van der Waals surface area contributed by atoms with E-state index in [0.29, 0.717) is 22.8 Å². The summed E-state index contributed by atoms with van der Waals surface area (Å²) in [7, 11) is 0. The van der Waals surface area contributed by atoms with Crippen molar-refractivity contribution in [3.05, 3.63) is 181 Å². The average molecular weight is 664 g/mol. The van der Waals surface area contributed by atoms with Gasteiger partial charge in [0.1, 0.15) is 11.6 Å². The third-order valence-electron chi connectivity index (χ3n) is 9.95. The fourth-order valence-electron chi connectivity index (χ4n) is 7.76. The van der Waals surface area contributed by atoms with Crippen LogP contribution in [0.5, 0.6) is 0 Å². The molecule has 0 saturated carbocycles. The lowest BCUT2D eigenvalue weighted by atomic mass is 9.95. The monoisotopic (exact) mass is 663 g/mol. The topological polar surface area (TPSA) is 59.4 Å². The molecule has 0 radical (unpaired) electrons. The number of aromatic nitrogens is 4. The van der Waals surface area contributed by atoms with Gasteiger partial charge < -0.3 is 9.13 Å². The third kappa shape index (κ3) is 4.49. The van der Waals surface area contributed by atoms with Crippen molar-refractivity contribution in [2.75, 3.05) is 0 Å². The Balaban J connectivity index is 1.47. The van der Waals surface area contributed by atoms with Crippen molar-refractivity contribution in [2.45, 2.75) is 0 Å². The van der Waals surface area contributed by atoms with Crippen LogP contribution in [-0.2, 0) is 0 Å². The van der Waals surface area contributed by atoms with Crippen LogP contribution in [0.4, 0.5) is 0 Å². The summed E-state index contributed by atoms with van der Waals surface area (Å²) in [6.45, 7) is 0. The molecule has 0 unspecified atom stereocenters. The molecule has 5 heteroatoms. The van der Waals surface area contributed by atoms with E-state index in [-0.39, 0.29) is 0 Å². The van der Waals surface area contributed by atoms with Crippen LogP contribution in [0.1, 0.15) is 5.56 Å². The third-order valence-corrected chi connectivity index (χ3v) is 9.95. The van der Waals surface area contributed by atoms with E-state index in [4.69, 9.17) is 9.97 Å². The second-order valence-electron chi connectivity index (χ2n) is 12.9. The van der Waals surface area contributed by atoms with Crippen molar-refractivity contribution in [3.63, 3.8) is 0 Å². The molecule has 0 fully saturated rings. The normalized spacial score (nSPS) is 11.4. The van der Waals surface area contributed by atoms with Gasteiger partial charge in [0.2, 0.25) is 0 Å². The summed E-state index contributed by atoms with van der Waals surface area (Å²) < 4.78 is 4.75. The lowest BCUT2D eigenvalue weighted by Gasteiger charge is -2.16. The Kier molecular flexibility index (Phi) is 6.80. The Morgan fingerprint density at radius 2 is 0.923 bits per heavy atom. The highest BCUT2D eigenvalue weighted by atomic mass is 15.0. The lowest BCUT2D eigenvalue weighted by molar-refractivity contribution is 1.15. The van der Waals surface area contributed by atoms with Crippen LogP contribution in [0.15, 0.2) is 176 Å². The van der Waals surface area contributed by atoms with E-state index in [9.17, 15) is 5.26 Å². The Bertz CT molecular complexity index is 2990. The van der Waals surface area contributed by atoms with Crippen molar-refractivity contribution in [3.8, 4) is 51.3 Å². The molecule has 3 heterocycles. The summed E-state index contributed by atoms with van der Waals surface area (Å²) in [5.41, 5.74) is 10.7. The lowest BCUT2D eigenvalue weighted by Crippen LogP contribution is -2.02. The molecule has 0 aliphatic rings. The molecule has 0 saturated heterocycles. The first-order valence-electron chi connectivity index (χ1n) is 17.3. The fourth-order valence-corrected chi connectivity index (χ4v) is 7.76. The van der Waals surface area contributed by atoms with Gasteiger partial charge in [-0.3, -0.25) is 0 Å². The van der Waals surface area contributed by atoms with Gasteiger partial charge in [-0.15, -0.1) is 0 Å². The molecule has 0 amide bonds. The van der Waals surface area contributed by atoms with E-state index in [1.165, 1.54) is 0 Å². The van der Waals surface area contributed by atoms with Crippen molar-refractivity contribution in [2.24, 2.45) is 0 Å². The Hall–Kier alpha value is -7.29. The molecular formula is C47H29N5. The molecule has 10 aromatic rings. The predicted octanol–water partition coefficient (Wildman–Crippen LogP) is 11.5. The average Bonchev–Trinajstić information content (AvgIpc) is 3.75. The maximum atomic E-state index is 11.1. The number of hydrogen-bond donors (Lipinski definition) is 0. The van der Waals surface area contributed by atoms with Gasteiger partial charge in [0.15, 0.2) is 5.82 Å². The summed E-state index contributed by atoms with van der Waals surface area (Å²) >= 11 is 0. The van der Waals surface area contributed by atoms with Crippen LogP contribution in [-0.4, -0.2) is 19.1 Å². The summed E-state index contributed by atoms with van der Waals surface area (Å²) in [5.74, 6) is 0.570. The predicted molar refractivity (Wildman–Crippen MR) is 212 cm³/mol. The molecule has 5 nitrogen and oxygen atoms in total. The molecule has 0 bridgehead atoms. The van der Waals surface area contributed by atoms with Gasteiger partial charge in [0, 0.05) is 49.6 Å². The van der Waals surface area contributed by atoms with Crippen molar-refractivity contribution in [1.82, 2.24) is 19.1 Å². The van der Waals surface area contributed by atoms with E-state index in [1.807, 2.05) is 60.7 Å². The van der Waals surface area contributed by atoms with Gasteiger partial charge in [-0.2, -0.15) is 5.26 Å². The second kappa shape index (κ2) is 11.9. The molecule has 0 N–H and O–H groups in total. The number of fused-ring (bicyclic) bond motifs is 7. The summed E-state index contributed by atoms with van der Waals surface area (Å²) in [5, 5.41) is 15.4. The fraction of sp³-hybridized carbons (Fsp3) is 0. The zero-order chi connectivity index (χ0) is 34.6. The Morgan fingerprint density at radius 3 is 1.54 bits per heavy atom. The first-order valence-corrected chi connectivity index (χ1v) is 17.3. The van der Waals surface area contributed by atoms with Gasteiger partial charge in [0.25, 0.3) is 0 Å². The number of nitrogens with zero attached hydrogens (tertiary/aromatic N) is 5. The molecule has 0 spiro atoms. The maximum Gasteiger partial charge on any atom is 0.160 e. The van der Waals surface area contributed by atoms with E-state index in [2.05, 4.69) is 130 Å². The van der Waals surface area contributed by atoms with Crippen LogP contribution in [0, 0.1) is 11.3 Å². The van der Waals surface area contributed by atoms with Gasteiger partial charge in [0.05, 0.1) is 33.5 Å². The molecule has 7 aromatic carbocycles. The number of rotatable bonds is 5. The first kappa shape index (κ1) is 29.6. The van der Waals surface area contributed by atoms with Crippen LogP contribution < -0.4 is 0 Å². The van der Waals surface area contributed by atoms with Crippen molar-refractivity contribution < 1.29 is 0 Å². The highest BCUT2D eigenvalue weighted by Crippen LogP contribution is 2.47. The molecule has 242 valence electrons. The van der Waals surface area contributed by atoms with Gasteiger partial charge in [-0.1, -0.05) is 133 Å². The molecule has 0 aliphatic heterocycles. The van der Waals surface area contributed by atoms with Crippen LogP contribution in [0.3, 0.4) is 0 Å². The van der Waals surface area contributed by atoms with E-state index in [0.717, 1.165) is 71.7 Å². The van der Waals surface area contributed by atoms with Gasteiger partial charge >= 0.3 is 0 Å². The highest BCUT2D eigenvalue weighted by Gasteiger charge is 2.27. The Labute approximate surface area is 299 Å². The minimum Gasteiger partial charge on any atom is -0.307 e. The molecule has 3 aromatic heterocycles. The quantitative estimate of drug-likeness (QED) is 0.184. The standard InChI is InChI=1S/C47H29N5/c48-30-39-43(31-17-5-1-6-18-31)49-47(32-19-7-2-8-20-32)50-44(39)38-29-37-35-25-13-15-27-40(35)51(33-21-9-3-10-22-33)45(37)46-42(38)36-26-14-16-28-41(36)52(46)34-23-11-4-12-24-34/h1-29H. The summed E-state index contributed by atoms with van der Waals surface area (Å²) in [6.07, 6.45) is 0. The number of benzene rings is 7. The molecular weight excluding hydrogens is 635 g/mol. The van der Waals surface area contributed by atoms with Crippen molar-refractivity contribution in [1.29, 1.82) is 5.26 Å². The maximum absolute atomic E-state index is 11.1. The molecule has 0 aliphatic carbocycles. The van der Waals surface area contributed by atoms with Gasteiger partial charge in [-0.05, 0) is 42.5 Å². The summed E-state index contributed by atoms with van der Waals surface area (Å²) in [6, 6.07) is 63.0. The van der Waals surface area contributed by atoms with Crippen LogP contribution in [0.2, 0.25) is 0 Å². The van der Waals surface area contributed by atoms with E-state index < -0.39 is 0 Å². The first-order chi connectivity index (χ1) is 25.8. The van der Waals surface area contributed by atoms with Crippen LogP contribution in [0.25, 0.3) is 88.9 Å². The SMILES string of the molecule is N#Cc1c(-c2ccccc2)nc(-c2ccccc2)nc1-c1cc2c3ccccc3n(-c3ccccc3)c2c2c1c1ccccc1n2-c1ccccc1. The number of hydrogen-bond acceptors (Lipinski definition) is 3. The van der Waals surface area contributed by atoms with Crippen molar-refractivity contribution >= 4 is 43.6 Å². The molecule has 10 rings (SSSR count). The van der Waals surface area contributed by atoms with E-state index >= 15 is 0 Å². The minimum absolute atomic E-state index is 0.440. The van der Waals surface area contributed by atoms with Crippen LogP contribution >= 0.6 is 0 Å². The van der Waals surface area contributed by atoms with E-state index in [1.54, 1.807) is 0 Å². The number of nitriles is 1. The number of para-hydroxylation sites is 4. The molecule has 0 atom stereocenters. The largest absolute Gasteiger partial charge is 0.307 e. The second-order valence-corrected chi connectivity index (χ2v) is 12.9. The molecule has 52 heavy (non-hydrogen) atoms. The minimum atomic E-state index is 0.440. The zero-order valence-corrected chi connectivity index (χ0v) is 28.0.